The summed E-state index contributed by atoms with van der Waals surface area (Å²) in [4.78, 5) is 12.3. The van der Waals surface area contributed by atoms with Crippen LogP contribution in [0.2, 0.25) is 0 Å². The maximum absolute atomic E-state index is 12.3. The molecule has 4 heteroatoms. The first-order chi connectivity index (χ1) is 10.7. The number of hydrogen-bond acceptors (Lipinski definition) is 2. The van der Waals surface area contributed by atoms with Crippen LogP contribution < -0.4 is 5.32 Å². The summed E-state index contributed by atoms with van der Waals surface area (Å²) < 4.78 is 1.81. The Labute approximate surface area is 128 Å². The number of carbonyl (C=O) groups is 1. The fourth-order valence-electron chi connectivity index (χ4n) is 2.52. The van der Waals surface area contributed by atoms with E-state index < -0.39 is 0 Å². The molecule has 0 aliphatic heterocycles. The third-order valence-electron chi connectivity index (χ3n) is 3.64. The number of fused-ring (bicyclic) bond motifs is 1. The maximum atomic E-state index is 12.3. The van der Waals surface area contributed by atoms with Crippen LogP contribution in [0.25, 0.3) is 10.9 Å². The molecule has 0 atom stereocenters. The lowest BCUT2D eigenvalue weighted by atomic mass is 10.2. The van der Waals surface area contributed by atoms with E-state index in [0.717, 1.165) is 22.2 Å². The highest BCUT2D eigenvalue weighted by molar-refractivity contribution is 5.93. The van der Waals surface area contributed by atoms with E-state index in [1.54, 1.807) is 6.20 Å². The minimum Gasteiger partial charge on any atom is -0.337 e. The molecule has 0 unspecified atom stereocenters. The summed E-state index contributed by atoms with van der Waals surface area (Å²) in [6.07, 6.45) is 1.72. The molecule has 1 amide bonds. The zero-order valence-corrected chi connectivity index (χ0v) is 12.2. The Kier molecular flexibility index (Phi) is 3.63. The summed E-state index contributed by atoms with van der Waals surface area (Å²) in [7, 11) is 0. The van der Waals surface area contributed by atoms with Gasteiger partial charge in [-0.15, -0.1) is 0 Å². The summed E-state index contributed by atoms with van der Waals surface area (Å²) in [5.41, 5.74) is 3.30. The van der Waals surface area contributed by atoms with Crippen molar-refractivity contribution in [2.75, 3.05) is 5.32 Å². The van der Waals surface area contributed by atoms with Crippen LogP contribution in [0.3, 0.4) is 0 Å². The first-order valence-corrected chi connectivity index (χ1v) is 7.02. The molecule has 0 spiro atoms. The van der Waals surface area contributed by atoms with Crippen molar-refractivity contribution in [1.82, 2.24) is 4.57 Å². The molecule has 3 aromatic rings. The number of nitrogens with zero attached hydrogens (tertiary/aromatic N) is 2. The second-order valence-corrected chi connectivity index (χ2v) is 5.16. The molecule has 0 saturated carbocycles. The summed E-state index contributed by atoms with van der Waals surface area (Å²) in [5.74, 6) is -0.112. The predicted octanol–water partition coefficient (Wildman–Crippen LogP) is 3.46. The Balaban J connectivity index is 1.86. The smallest absolute Gasteiger partial charge is 0.244 e. The van der Waals surface area contributed by atoms with Gasteiger partial charge in [-0.25, -0.2) is 0 Å². The molecule has 1 aromatic heterocycles. The van der Waals surface area contributed by atoms with Crippen molar-refractivity contribution >= 4 is 22.5 Å². The minimum atomic E-state index is -0.112. The van der Waals surface area contributed by atoms with E-state index in [2.05, 4.69) is 11.4 Å². The van der Waals surface area contributed by atoms with Gasteiger partial charge in [0, 0.05) is 22.8 Å². The van der Waals surface area contributed by atoms with Crippen LogP contribution in [0.5, 0.6) is 0 Å². The van der Waals surface area contributed by atoms with Gasteiger partial charge in [-0.2, -0.15) is 5.26 Å². The first-order valence-electron chi connectivity index (χ1n) is 7.02. The highest BCUT2D eigenvalue weighted by Gasteiger charge is 2.11. The fourth-order valence-corrected chi connectivity index (χ4v) is 2.52. The molecule has 108 valence electrons. The number of aromatic nitrogens is 1. The van der Waals surface area contributed by atoms with Crippen molar-refractivity contribution in [3.63, 3.8) is 0 Å². The molecule has 22 heavy (non-hydrogen) atoms. The van der Waals surface area contributed by atoms with Crippen LogP contribution in [-0.2, 0) is 11.3 Å². The molecule has 0 aliphatic carbocycles. The van der Waals surface area contributed by atoms with Crippen molar-refractivity contribution in [3.05, 3.63) is 65.9 Å². The zero-order chi connectivity index (χ0) is 15.5. The monoisotopic (exact) mass is 289 g/mol. The molecule has 0 radical (unpaired) electrons. The average molecular weight is 289 g/mol. The van der Waals surface area contributed by atoms with Crippen molar-refractivity contribution < 1.29 is 4.79 Å². The molecule has 0 saturated heterocycles. The van der Waals surface area contributed by atoms with E-state index >= 15 is 0 Å². The van der Waals surface area contributed by atoms with Crippen LogP contribution in [-0.4, -0.2) is 10.5 Å². The van der Waals surface area contributed by atoms with Gasteiger partial charge in [0.25, 0.3) is 0 Å². The number of nitrogens with one attached hydrogen (secondary N) is 1. The van der Waals surface area contributed by atoms with E-state index in [1.807, 2.05) is 60.0 Å². The van der Waals surface area contributed by atoms with Gasteiger partial charge in [-0.3, -0.25) is 4.79 Å². The van der Waals surface area contributed by atoms with E-state index in [1.165, 1.54) is 0 Å². The van der Waals surface area contributed by atoms with Gasteiger partial charge in [0.05, 0.1) is 5.56 Å². The summed E-state index contributed by atoms with van der Waals surface area (Å²) in [5, 5.41) is 13.0. The molecule has 4 nitrogen and oxygen atoms in total. The first kappa shape index (κ1) is 13.9. The second-order valence-electron chi connectivity index (χ2n) is 5.16. The molecule has 2 aromatic carbocycles. The second kappa shape index (κ2) is 5.74. The quantitative estimate of drug-likeness (QED) is 0.802. The molecule has 0 fully saturated rings. The highest BCUT2D eigenvalue weighted by Crippen LogP contribution is 2.21. The Hall–Kier alpha value is -3.06. The third-order valence-corrected chi connectivity index (χ3v) is 3.64. The number of aryl methyl sites for hydroxylation is 1. The lowest BCUT2D eigenvalue weighted by Crippen LogP contribution is -2.18. The molecule has 3 rings (SSSR count). The maximum Gasteiger partial charge on any atom is 0.244 e. The van der Waals surface area contributed by atoms with Crippen molar-refractivity contribution in [2.45, 2.75) is 13.5 Å². The number of para-hydroxylation sites is 2. The van der Waals surface area contributed by atoms with E-state index in [0.29, 0.717) is 5.56 Å². The third kappa shape index (κ3) is 2.57. The Morgan fingerprint density at radius 1 is 1.18 bits per heavy atom. The lowest BCUT2D eigenvalue weighted by Gasteiger charge is -2.09. The number of anilines is 1. The highest BCUT2D eigenvalue weighted by atomic mass is 16.1. The van der Waals surface area contributed by atoms with Crippen molar-refractivity contribution in [3.8, 4) is 6.07 Å². The van der Waals surface area contributed by atoms with Gasteiger partial charge in [-0.05, 0) is 24.6 Å². The number of benzene rings is 2. The number of rotatable bonds is 3. The van der Waals surface area contributed by atoms with Crippen molar-refractivity contribution in [1.29, 1.82) is 5.26 Å². The predicted molar refractivity (Wildman–Crippen MR) is 86.5 cm³/mol. The Morgan fingerprint density at radius 3 is 2.68 bits per heavy atom. The zero-order valence-electron chi connectivity index (χ0n) is 12.2. The summed E-state index contributed by atoms with van der Waals surface area (Å²) in [6, 6.07) is 17.4. The Bertz CT molecular complexity index is 887. The standard InChI is InChI=1S/C18H15N3O/c1-13-6-2-4-8-16(13)20-18(22)12-21-11-14(10-19)15-7-3-5-9-17(15)21/h2-9,11H,12H2,1H3,(H,20,22). The lowest BCUT2D eigenvalue weighted by molar-refractivity contribution is -0.116. The molecule has 0 bridgehead atoms. The Morgan fingerprint density at radius 2 is 1.91 bits per heavy atom. The normalized spacial score (nSPS) is 10.4. The van der Waals surface area contributed by atoms with Gasteiger partial charge < -0.3 is 9.88 Å². The molecular formula is C18H15N3O. The molecule has 1 N–H and O–H groups in total. The average Bonchev–Trinajstić information content (AvgIpc) is 2.88. The van der Waals surface area contributed by atoms with Gasteiger partial charge in [0.1, 0.15) is 12.6 Å². The van der Waals surface area contributed by atoms with Crippen LogP contribution >= 0.6 is 0 Å². The van der Waals surface area contributed by atoms with Crippen LogP contribution in [0.1, 0.15) is 11.1 Å². The molecule has 0 aliphatic rings. The topological polar surface area (TPSA) is 57.8 Å². The van der Waals surface area contributed by atoms with E-state index in [-0.39, 0.29) is 12.5 Å². The van der Waals surface area contributed by atoms with E-state index in [9.17, 15) is 10.1 Å². The SMILES string of the molecule is Cc1ccccc1NC(=O)Cn1cc(C#N)c2ccccc21. The van der Waals surface area contributed by atoms with Crippen LogP contribution in [0, 0.1) is 18.3 Å². The van der Waals surface area contributed by atoms with Gasteiger partial charge in [0.2, 0.25) is 5.91 Å². The number of amides is 1. The van der Waals surface area contributed by atoms with Gasteiger partial charge >= 0.3 is 0 Å². The largest absolute Gasteiger partial charge is 0.337 e. The minimum absolute atomic E-state index is 0.112. The van der Waals surface area contributed by atoms with Crippen LogP contribution in [0.4, 0.5) is 5.69 Å². The van der Waals surface area contributed by atoms with Crippen molar-refractivity contribution in [2.24, 2.45) is 0 Å². The number of carbonyl (C=O) groups excluding carboxylic acids is 1. The molecular weight excluding hydrogens is 274 g/mol. The number of nitriles is 1. The van der Waals surface area contributed by atoms with Gasteiger partial charge in [-0.1, -0.05) is 36.4 Å². The number of hydrogen-bond donors (Lipinski definition) is 1. The van der Waals surface area contributed by atoms with Crippen LogP contribution in [0.15, 0.2) is 54.7 Å². The van der Waals surface area contributed by atoms with E-state index in [4.69, 9.17) is 0 Å². The molecule has 1 heterocycles. The van der Waals surface area contributed by atoms with Gasteiger partial charge in [0.15, 0.2) is 0 Å². The fraction of sp³-hybridized carbons (Fsp3) is 0.111. The summed E-state index contributed by atoms with van der Waals surface area (Å²) >= 11 is 0. The summed E-state index contributed by atoms with van der Waals surface area (Å²) in [6.45, 7) is 2.13.